The van der Waals surface area contributed by atoms with Crippen molar-refractivity contribution in [3.05, 3.63) is 69.4 Å². The molecule has 0 N–H and O–H groups in total. The molecule has 3 aromatic heterocycles. The van der Waals surface area contributed by atoms with Gasteiger partial charge in [0.05, 0.1) is 22.9 Å². The summed E-state index contributed by atoms with van der Waals surface area (Å²) in [7, 11) is 0. The number of nitrogens with zero attached hydrogens (tertiary/aromatic N) is 6. The Morgan fingerprint density at radius 1 is 1.28 bits per heavy atom. The average Bonchev–Trinajstić information content (AvgIpc) is 3.35. The van der Waals surface area contributed by atoms with E-state index in [2.05, 4.69) is 16.5 Å². The van der Waals surface area contributed by atoms with Gasteiger partial charge in [0, 0.05) is 25.2 Å². The summed E-state index contributed by atoms with van der Waals surface area (Å²) in [6.07, 6.45) is 1.28. The minimum atomic E-state index is -0.547. The number of rotatable bonds is 4. The number of fused-ring (bicyclic) bond motifs is 2. The fraction of sp³-hybridized carbons (Fsp3) is 0.296. The molecule has 0 bridgehead atoms. The Kier molecular flexibility index (Phi) is 6.35. The summed E-state index contributed by atoms with van der Waals surface area (Å²) >= 11 is 8.19. The number of benzene rings is 1. The van der Waals surface area contributed by atoms with Gasteiger partial charge in [0.2, 0.25) is 5.91 Å². The average molecular weight is 567 g/mol. The van der Waals surface area contributed by atoms with Gasteiger partial charge in [-0.1, -0.05) is 44.2 Å². The van der Waals surface area contributed by atoms with Gasteiger partial charge >= 0.3 is 5.69 Å². The zero-order valence-corrected chi connectivity index (χ0v) is 22.8. The van der Waals surface area contributed by atoms with Crippen LogP contribution in [-0.2, 0) is 4.79 Å². The molecule has 1 amide bonds. The highest BCUT2D eigenvalue weighted by molar-refractivity contribution is 7.12. The van der Waals surface area contributed by atoms with Gasteiger partial charge in [0.1, 0.15) is 33.7 Å². The molecule has 39 heavy (non-hydrogen) atoms. The zero-order valence-electron chi connectivity index (χ0n) is 21.2. The lowest BCUT2D eigenvalue weighted by Crippen LogP contribution is -2.56. The number of carbonyl (C=O) groups is 1. The van der Waals surface area contributed by atoms with Crippen molar-refractivity contribution in [1.29, 1.82) is 0 Å². The van der Waals surface area contributed by atoms with Crippen LogP contribution in [0.1, 0.15) is 25.5 Å². The van der Waals surface area contributed by atoms with Crippen LogP contribution in [0.3, 0.4) is 0 Å². The lowest BCUT2D eigenvalue weighted by molar-refractivity contribution is -0.126. The van der Waals surface area contributed by atoms with Gasteiger partial charge in [-0.2, -0.15) is 4.98 Å². The minimum absolute atomic E-state index is 0.0254. The fourth-order valence-electron chi connectivity index (χ4n) is 5.14. The Hall–Kier alpha value is -3.83. The topological polar surface area (TPSA) is 93.5 Å². The van der Waals surface area contributed by atoms with Crippen LogP contribution >= 0.6 is 22.9 Å². The summed E-state index contributed by atoms with van der Waals surface area (Å²) in [5.74, 6) is -0.0235. The maximum Gasteiger partial charge on any atom is 0.356 e. The first-order valence-electron chi connectivity index (χ1n) is 12.5. The van der Waals surface area contributed by atoms with Crippen LogP contribution in [0.15, 0.2) is 47.2 Å². The van der Waals surface area contributed by atoms with E-state index >= 15 is 0 Å². The minimum Gasteiger partial charge on any atom is -0.489 e. The van der Waals surface area contributed by atoms with Gasteiger partial charge in [-0.15, -0.1) is 11.3 Å². The third-order valence-corrected chi connectivity index (χ3v) is 8.20. The number of piperazine rings is 1. The molecule has 5 heterocycles. The lowest BCUT2D eigenvalue weighted by Gasteiger charge is -2.40. The number of halogens is 2. The summed E-state index contributed by atoms with van der Waals surface area (Å²) in [6, 6.07) is 5.88. The van der Waals surface area contributed by atoms with Gasteiger partial charge in [-0.05, 0) is 24.1 Å². The number of hydrogen-bond donors (Lipinski definition) is 0. The smallest absolute Gasteiger partial charge is 0.356 e. The van der Waals surface area contributed by atoms with Gasteiger partial charge in [0.25, 0.3) is 0 Å². The standard InChI is InChI=1S/C27H24ClFN6O3S/c1-4-18(36)33-9-10-34-15(11-33)12-38-23-19-24(34)32-27(37)35(26-21(14(2)3)30-13-39-26)25(19)31-22(20(23)28)16-7-5-6-8-17(16)29/h4-8,13-15H,1,9-12H2,2-3H3/t15-/m1/s1. The van der Waals surface area contributed by atoms with Crippen molar-refractivity contribution >= 4 is 45.7 Å². The monoisotopic (exact) mass is 566 g/mol. The third kappa shape index (κ3) is 4.07. The second-order valence-electron chi connectivity index (χ2n) is 9.68. The number of carbonyl (C=O) groups excluding carboxylic acids is 1. The fourth-order valence-corrected chi connectivity index (χ4v) is 6.37. The van der Waals surface area contributed by atoms with Crippen molar-refractivity contribution in [3.8, 4) is 22.0 Å². The maximum absolute atomic E-state index is 15.0. The molecule has 0 spiro atoms. The van der Waals surface area contributed by atoms with Crippen LogP contribution in [0.25, 0.3) is 27.3 Å². The van der Waals surface area contributed by atoms with Crippen molar-refractivity contribution in [2.24, 2.45) is 0 Å². The molecule has 1 saturated heterocycles. The molecule has 0 saturated carbocycles. The van der Waals surface area contributed by atoms with Crippen LogP contribution < -0.4 is 15.3 Å². The molecule has 2 aliphatic heterocycles. The summed E-state index contributed by atoms with van der Waals surface area (Å²) in [5.41, 5.74) is 2.43. The van der Waals surface area contributed by atoms with Crippen molar-refractivity contribution in [2.75, 3.05) is 31.1 Å². The number of aromatic nitrogens is 4. The molecular weight excluding hydrogens is 543 g/mol. The van der Waals surface area contributed by atoms with Crippen molar-refractivity contribution in [3.63, 3.8) is 0 Å². The second kappa shape index (κ2) is 9.73. The predicted molar refractivity (Wildman–Crippen MR) is 149 cm³/mol. The van der Waals surface area contributed by atoms with Crippen LogP contribution in [0, 0.1) is 5.82 Å². The Morgan fingerprint density at radius 3 is 2.82 bits per heavy atom. The Morgan fingerprint density at radius 2 is 2.08 bits per heavy atom. The van der Waals surface area contributed by atoms with Crippen LogP contribution in [0.5, 0.6) is 5.75 Å². The molecule has 0 unspecified atom stereocenters. The van der Waals surface area contributed by atoms with E-state index in [0.717, 1.165) is 0 Å². The quantitative estimate of drug-likeness (QED) is 0.338. The van der Waals surface area contributed by atoms with Crippen molar-refractivity contribution in [2.45, 2.75) is 25.8 Å². The number of anilines is 1. The number of amides is 1. The molecule has 6 rings (SSSR count). The summed E-state index contributed by atoms with van der Waals surface area (Å²) in [6.45, 7) is 8.92. The Labute approximate surface area is 232 Å². The van der Waals surface area contributed by atoms with E-state index in [9.17, 15) is 14.0 Å². The number of ether oxygens (including phenoxy) is 1. The molecule has 9 nitrogen and oxygen atoms in total. The maximum atomic E-state index is 15.0. The number of hydrogen-bond acceptors (Lipinski definition) is 8. The van der Waals surface area contributed by atoms with Crippen molar-refractivity contribution < 1.29 is 13.9 Å². The zero-order chi connectivity index (χ0) is 27.4. The van der Waals surface area contributed by atoms with Gasteiger partial charge < -0.3 is 14.5 Å². The predicted octanol–water partition coefficient (Wildman–Crippen LogP) is 4.42. The largest absolute Gasteiger partial charge is 0.489 e. The van der Waals surface area contributed by atoms with Crippen molar-refractivity contribution in [1.82, 2.24) is 24.4 Å². The van der Waals surface area contributed by atoms with E-state index in [0.29, 0.717) is 41.5 Å². The molecule has 12 heteroatoms. The van der Waals surface area contributed by atoms with E-state index in [-0.39, 0.29) is 52.2 Å². The first kappa shape index (κ1) is 25.4. The third-order valence-electron chi connectivity index (χ3n) is 7.02. The number of thiazole rings is 1. The molecule has 4 aromatic rings. The van der Waals surface area contributed by atoms with Crippen LogP contribution in [0.4, 0.5) is 10.2 Å². The van der Waals surface area contributed by atoms with Crippen LogP contribution in [-0.4, -0.2) is 62.6 Å². The summed E-state index contributed by atoms with van der Waals surface area (Å²) in [5, 5.41) is 1.15. The highest BCUT2D eigenvalue weighted by Gasteiger charge is 2.37. The van der Waals surface area contributed by atoms with E-state index in [1.165, 1.54) is 28.0 Å². The molecule has 1 aromatic carbocycles. The summed E-state index contributed by atoms with van der Waals surface area (Å²) in [4.78, 5) is 43.6. The van der Waals surface area contributed by atoms with E-state index in [1.807, 2.05) is 18.7 Å². The molecule has 1 fully saturated rings. The highest BCUT2D eigenvalue weighted by atomic mass is 35.5. The SMILES string of the molecule is C=CC(=O)N1CCN2c3nc(=O)n(-c4scnc4C(C)C)c4nc(-c5ccccc5F)c(Cl)c(c34)OC[C@H]2C1. The first-order valence-corrected chi connectivity index (χ1v) is 13.7. The normalized spacial score (nSPS) is 16.7. The molecule has 0 radical (unpaired) electrons. The lowest BCUT2D eigenvalue weighted by atomic mass is 10.1. The second-order valence-corrected chi connectivity index (χ2v) is 10.9. The molecular formula is C27H24ClFN6O3S. The van der Waals surface area contributed by atoms with Gasteiger partial charge in [-0.3, -0.25) is 4.79 Å². The Bertz CT molecular complexity index is 1700. The summed E-state index contributed by atoms with van der Waals surface area (Å²) < 4.78 is 22.7. The highest BCUT2D eigenvalue weighted by Crippen LogP contribution is 2.45. The Balaban J connectivity index is 1.66. The van der Waals surface area contributed by atoms with Crippen LogP contribution in [0.2, 0.25) is 5.02 Å². The molecule has 1 atom stereocenters. The van der Waals surface area contributed by atoms with Gasteiger partial charge in [-0.25, -0.2) is 23.7 Å². The first-order chi connectivity index (χ1) is 18.8. The van der Waals surface area contributed by atoms with E-state index < -0.39 is 11.5 Å². The van der Waals surface area contributed by atoms with E-state index in [1.54, 1.807) is 28.6 Å². The number of pyridine rings is 1. The molecule has 200 valence electrons. The van der Waals surface area contributed by atoms with Gasteiger partial charge in [0.15, 0.2) is 11.4 Å². The molecule has 0 aliphatic carbocycles. The van der Waals surface area contributed by atoms with E-state index in [4.69, 9.17) is 21.3 Å². The molecule has 2 aliphatic rings.